The first kappa shape index (κ1) is 20.6. The average Bonchev–Trinajstić information content (AvgIpc) is 2.51. The SMILES string of the molecule is C(CC1CCNCC1)CC1CCNCC1.N#CS.N#CS. The van der Waals surface area contributed by atoms with Gasteiger partial charge in [-0.25, -0.2) is 0 Å². The lowest BCUT2D eigenvalue weighted by atomic mass is 9.87. The zero-order valence-corrected chi connectivity index (χ0v) is 14.5. The lowest BCUT2D eigenvalue weighted by molar-refractivity contribution is 0.304. The fraction of sp³-hybridized carbons (Fsp3) is 0.867. The minimum atomic E-state index is 1.04. The van der Waals surface area contributed by atoms with Gasteiger partial charge in [0.15, 0.2) is 0 Å². The van der Waals surface area contributed by atoms with Crippen molar-refractivity contribution < 1.29 is 0 Å². The Morgan fingerprint density at radius 3 is 1.33 bits per heavy atom. The van der Waals surface area contributed by atoms with E-state index in [1.165, 1.54) is 81.9 Å². The summed E-state index contributed by atoms with van der Waals surface area (Å²) in [4.78, 5) is 0. The number of nitrogens with zero attached hydrogens (tertiary/aromatic N) is 2. The van der Waals surface area contributed by atoms with Gasteiger partial charge in [-0.05, 0) is 63.7 Å². The zero-order valence-electron chi connectivity index (χ0n) is 12.7. The molecular weight excluding hydrogens is 300 g/mol. The molecule has 2 fully saturated rings. The van der Waals surface area contributed by atoms with E-state index in [0.29, 0.717) is 0 Å². The molecule has 2 aliphatic rings. The molecule has 2 N–H and O–H groups in total. The van der Waals surface area contributed by atoms with Crippen LogP contribution in [-0.2, 0) is 0 Å². The summed E-state index contributed by atoms with van der Waals surface area (Å²) in [7, 11) is 0. The summed E-state index contributed by atoms with van der Waals surface area (Å²) >= 11 is 6.19. The third kappa shape index (κ3) is 13.0. The summed E-state index contributed by atoms with van der Waals surface area (Å²) in [5.41, 5.74) is 0. The van der Waals surface area contributed by atoms with E-state index in [4.69, 9.17) is 10.5 Å². The highest BCUT2D eigenvalue weighted by Crippen LogP contribution is 2.23. The lowest BCUT2D eigenvalue weighted by Crippen LogP contribution is -2.29. The van der Waals surface area contributed by atoms with Gasteiger partial charge in [-0.3, -0.25) is 0 Å². The molecule has 120 valence electrons. The molecule has 0 saturated carbocycles. The minimum Gasteiger partial charge on any atom is -0.317 e. The molecule has 0 atom stereocenters. The van der Waals surface area contributed by atoms with Crippen molar-refractivity contribution in [2.45, 2.75) is 44.9 Å². The third-order valence-corrected chi connectivity index (χ3v) is 4.14. The smallest absolute Gasteiger partial charge is 0.130 e. The Labute approximate surface area is 140 Å². The highest BCUT2D eigenvalue weighted by Gasteiger charge is 2.15. The molecule has 0 amide bonds. The first-order valence-electron chi connectivity index (χ1n) is 7.76. The van der Waals surface area contributed by atoms with Crippen LogP contribution in [0, 0.1) is 33.2 Å². The molecule has 2 rings (SSSR count). The molecule has 21 heavy (non-hydrogen) atoms. The highest BCUT2D eigenvalue weighted by atomic mass is 32.1. The van der Waals surface area contributed by atoms with Gasteiger partial charge >= 0.3 is 0 Å². The summed E-state index contributed by atoms with van der Waals surface area (Å²) in [6, 6.07) is 0. The van der Waals surface area contributed by atoms with Gasteiger partial charge in [0.1, 0.15) is 10.8 Å². The molecule has 2 aliphatic heterocycles. The van der Waals surface area contributed by atoms with E-state index in [1.807, 2.05) is 0 Å². The maximum absolute atomic E-state index is 7.18. The number of nitrogens with one attached hydrogen (secondary N) is 2. The van der Waals surface area contributed by atoms with Gasteiger partial charge < -0.3 is 10.6 Å². The second-order valence-corrected chi connectivity index (χ2v) is 5.92. The van der Waals surface area contributed by atoms with Gasteiger partial charge in [0.25, 0.3) is 0 Å². The number of nitriles is 2. The van der Waals surface area contributed by atoms with Crippen molar-refractivity contribution >= 4 is 25.3 Å². The van der Waals surface area contributed by atoms with Crippen molar-refractivity contribution in [1.29, 1.82) is 10.5 Å². The molecule has 0 aromatic rings. The topological polar surface area (TPSA) is 71.6 Å². The monoisotopic (exact) mass is 328 g/mol. The molecule has 2 heterocycles. The van der Waals surface area contributed by atoms with Crippen molar-refractivity contribution in [3.05, 3.63) is 0 Å². The molecule has 0 unspecified atom stereocenters. The second kappa shape index (κ2) is 16.0. The molecule has 0 aromatic carbocycles. The third-order valence-electron chi connectivity index (χ3n) is 4.14. The Hall–Kier alpha value is -0.400. The van der Waals surface area contributed by atoms with Crippen LogP contribution >= 0.6 is 25.3 Å². The summed E-state index contributed by atoms with van der Waals surface area (Å²) in [5, 5.41) is 24.1. The van der Waals surface area contributed by atoms with E-state index < -0.39 is 0 Å². The molecule has 0 radical (unpaired) electrons. The number of thiocyanates is 2. The van der Waals surface area contributed by atoms with Gasteiger partial charge in [0.2, 0.25) is 0 Å². The van der Waals surface area contributed by atoms with Crippen molar-refractivity contribution in [3.63, 3.8) is 0 Å². The molecular formula is C15H28N4S2. The first-order valence-corrected chi connectivity index (χ1v) is 8.65. The van der Waals surface area contributed by atoms with Gasteiger partial charge in [-0.15, -0.1) is 0 Å². The predicted molar refractivity (Wildman–Crippen MR) is 94.2 cm³/mol. The lowest BCUT2D eigenvalue weighted by Gasteiger charge is -2.25. The Balaban J connectivity index is 0.000000578. The van der Waals surface area contributed by atoms with Gasteiger partial charge in [-0.2, -0.15) is 10.5 Å². The van der Waals surface area contributed by atoms with Crippen molar-refractivity contribution in [3.8, 4) is 10.8 Å². The Morgan fingerprint density at radius 1 is 0.762 bits per heavy atom. The van der Waals surface area contributed by atoms with E-state index in [0.717, 1.165) is 11.8 Å². The first-order chi connectivity index (χ1) is 10.3. The van der Waals surface area contributed by atoms with Crippen LogP contribution in [0.15, 0.2) is 0 Å². The van der Waals surface area contributed by atoms with Crippen LogP contribution in [0.2, 0.25) is 0 Å². The van der Waals surface area contributed by atoms with E-state index in [-0.39, 0.29) is 0 Å². The molecule has 0 aromatic heterocycles. The zero-order chi connectivity index (χ0) is 15.8. The quantitative estimate of drug-likeness (QED) is 0.473. The molecule has 0 bridgehead atoms. The summed E-state index contributed by atoms with van der Waals surface area (Å²) in [6.07, 6.45) is 10.2. The molecule has 4 nitrogen and oxygen atoms in total. The number of thiol groups is 2. The van der Waals surface area contributed by atoms with Crippen LogP contribution in [0.3, 0.4) is 0 Å². The number of rotatable bonds is 4. The summed E-state index contributed by atoms with van der Waals surface area (Å²) in [5.74, 6) is 2.07. The fourth-order valence-corrected chi connectivity index (χ4v) is 3.04. The fourth-order valence-electron chi connectivity index (χ4n) is 3.04. The van der Waals surface area contributed by atoms with Gasteiger partial charge in [-0.1, -0.05) is 44.5 Å². The van der Waals surface area contributed by atoms with Crippen LogP contribution < -0.4 is 10.6 Å². The van der Waals surface area contributed by atoms with Gasteiger partial charge in [0, 0.05) is 0 Å². The average molecular weight is 329 g/mol. The number of piperidine rings is 2. The van der Waals surface area contributed by atoms with Crippen LogP contribution in [0.25, 0.3) is 0 Å². The second-order valence-electron chi connectivity index (χ2n) is 5.52. The van der Waals surface area contributed by atoms with Crippen LogP contribution in [0.1, 0.15) is 44.9 Å². The van der Waals surface area contributed by atoms with Gasteiger partial charge in [0.05, 0.1) is 0 Å². The number of hydrogen-bond acceptors (Lipinski definition) is 6. The highest BCUT2D eigenvalue weighted by molar-refractivity contribution is 7.85. The summed E-state index contributed by atoms with van der Waals surface area (Å²) in [6.45, 7) is 5.05. The van der Waals surface area contributed by atoms with E-state index in [2.05, 4.69) is 35.9 Å². The largest absolute Gasteiger partial charge is 0.317 e. The Morgan fingerprint density at radius 2 is 1.05 bits per heavy atom. The van der Waals surface area contributed by atoms with E-state index in [1.54, 1.807) is 0 Å². The minimum absolute atomic E-state index is 1.04. The molecule has 6 heteroatoms. The predicted octanol–water partition coefficient (Wildman–Crippen LogP) is 2.95. The van der Waals surface area contributed by atoms with Crippen LogP contribution in [-0.4, -0.2) is 26.2 Å². The molecule has 0 aliphatic carbocycles. The molecule has 2 saturated heterocycles. The van der Waals surface area contributed by atoms with Crippen LogP contribution in [0.4, 0.5) is 0 Å². The Kier molecular flexibility index (Phi) is 15.7. The van der Waals surface area contributed by atoms with Crippen molar-refractivity contribution in [1.82, 2.24) is 10.6 Å². The maximum Gasteiger partial charge on any atom is 0.130 e. The van der Waals surface area contributed by atoms with E-state index in [9.17, 15) is 0 Å². The van der Waals surface area contributed by atoms with Crippen LogP contribution in [0.5, 0.6) is 0 Å². The normalized spacial score (nSPS) is 19.0. The van der Waals surface area contributed by atoms with Crippen molar-refractivity contribution in [2.24, 2.45) is 11.8 Å². The summed E-state index contributed by atoms with van der Waals surface area (Å²) < 4.78 is 0. The van der Waals surface area contributed by atoms with Crippen molar-refractivity contribution in [2.75, 3.05) is 26.2 Å². The maximum atomic E-state index is 7.18. The Bertz CT molecular complexity index is 270. The number of hydrogen-bond donors (Lipinski definition) is 4. The van der Waals surface area contributed by atoms with E-state index >= 15 is 0 Å². The standard InChI is InChI=1S/C13H26N2.2CHNS/c1(2-12-4-8-14-9-5-12)3-13-6-10-15-11-7-13;2*2-1-3/h12-15H,1-11H2;2*3H. The molecule has 0 spiro atoms.